The summed E-state index contributed by atoms with van der Waals surface area (Å²) in [5.41, 5.74) is 3.44. The molecule has 8 atom stereocenters. The first kappa shape index (κ1) is 37.9. The third-order valence-electron chi connectivity index (χ3n) is 13.8. The molecule has 7 nitrogen and oxygen atoms in total. The monoisotopic (exact) mass is 662 g/mol. The van der Waals surface area contributed by atoms with Crippen molar-refractivity contribution in [1.82, 2.24) is 10.6 Å². The maximum Gasteiger partial charge on any atom is 0.335 e. The van der Waals surface area contributed by atoms with Crippen molar-refractivity contribution in [1.29, 1.82) is 0 Å². The van der Waals surface area contributed by atoms with Crippen molar-refractivity contribution in [2.24, 2.45) is 51.2 Å². The summed E-state index contributed by atoms with van der Waals surface area (Å²) >= 11 is 0. The van der Waals surface area contributed by atoms with Crippen LogP contribution in [-0.2, 0) is 9.59 Å². The van der Waals surface area contributed by atoms with Crippen LogP contribution in [0.5, 0.6) is 0 Å². The lowest BCUT2D eigenvalue weighted by atomic mass is 9.36. The molecule has 0 radical (unpaired) electrons. The molecule has 0 aromatic heterocycles. The Morgan fingerprint density at radius 3 is 2.21 bits per heavy atom. The van der Waals surface area contributed by atoms with Crippen LogP contribution >= 0.6 is 0 Å². The number of likely N-dealkylation sites (N-methyl/N-ethyl adjacent to an activating group) is 1. The van der Waals surface area contributed by atoms with Crippen LogP contribution in [0.2, 0.25) is 0 Å². The Bertz CT molecular complexity index is 1330. The van der Waals surface area contributed by atoms with Gasteiger partial charge in [-0.25, -0.2) is 4.79 Å². The molecule has 48 heavy (non-hydrogen) atoms. The highest BCUT2D eigenvalue weighted by Crippen LogP contribution is 2.73. The number of hydrogen-bond donors (Lipinski definition) is 4. The summed E-state index contributed by atoms with van der Waals surface area (Å²) < 4.78 is 0. The predicted octanol–water partition coefficient (Wildman–Crippen LogP) is 8.46. The van der Waals surface area contributed by atoms with E-state index in [-0.39, 0.29) is 22.7 Å². The van der Waals surface area contributed by atoms with Gasteiger partial charge in [-0.3, -0.25) is 9.59 Å². The number of carboxylic acids is 1. The maximum atomic E-state index is 13.7. The van der Waals surface area contributed by atoms with E-state index >= 15 is 0 Å². The first-order chi connectivity index (χ1) is 22.8. The van der Waals surface area contributed by atoms with Gasteiger partial charge < -0.3 is 20.8 Å². The van der Waals surface area contributed by atoms with E-state index in [4.69, 9.17) is 9.90 Å². The smallest absolute Gasteiger partial charge is 0.335 e. The van der Waals surface area contributed by atoms with Crippen LogP contribution in [0.3, 0.4) is 0 Å². The van der Waals surface area contributed by atoms with Gasteiger partial charge in [0.1, 0.15) is 0 Å². The molecule has 266 valence electrons. The molecule has 1 amide bonds. The van der Waals surface area contributed by atoms with E-state index in [1.165, 1.54) is 56.1 Å². The molecule has 0 bridgehead atoms. The van der Waals surface area contributed by atoms with Crippen molar-refractivity contribution in [3.63, 3.8) is 0 Å². The highest BCUT2D eigenvalue weighted by Gasteiger charge is 2.66. The lowest BCUT2D eigenvalue weighted by Gasteiger charge is -2.68. The van der Waals surface area contributed by atoms with Crippen molar-refractivity contribution in [2.45, 2.75) is 106 Å². The summed E-state index contributed by atoms with van der Waals surface area (Å²) in [6.45, 7) is 19.8. The van der Waals surface area contributed by atoms with E-state index in [0.29, 0.717) is 40.6 Å². The zero-order chi connectivity index (χ0) is 35.3. The minimum absolute atomic E-state index is 0.0355. The van der Waals surface area contributed by atoms with Gasteiger partial charge in [0.2, 0.25) is 5.91 Å². The maximum absolute atomic E-state index is 13.7. The normalized spacial score (nSPS) is 35.6. The second-order valence-electron chi connectivity index (χ2n) is 16.2. The molecule has 4 saturated carbocycles. The van der Waals surface area contributed by atoms with Crippen molar-refractivity contribution in [3.8, 4) is 0 Å². The Labute approximate surface area is 289 Å². The van der Waals surface area contributed by atoms with Gasteiger partial charge >= 0.3 is 5.97 Å². The third-order valence-corrected chi connectivity index (χ3v) is 13.8. The number of carbonyl (C=O) groups is 3. The lowest BCUT2D eigenvalue weighted by Crippen LogP contribution is -2.62. The molecule has 5 aliphatic rings. The van der Waals surface area contributed by atoms with Crippen molar-refractivity contribution >= 4 is 23.9 Å². The fourth-order valence-corrected chi connectivity index (χ4v) is 12.1. The molecule has 0 heterocycles. The van der Waals surface area contributed by atoms with Gasteiger partial charge in [0, 0.05) is 13.1 Å². The van der Waals surface area contributed by atoms with Crippen LogP contribution in [0.1, 0.15) is 122 Å². The molecule has 5 aliphatic carbocycles. The van der Waals surface area contributed by atoms with Crippen LogP contribution in [0.25, 0.3) is 5.57 Å². The number of carboxylic acid groups (broad SMARTS) is 2. The van der Waals surface area contributed by atoms with E-state index in [1.807, 2.05) is 19.1 Å². The summed E-state index contributed by atoms with van der Waals surface area (Å²) in [4.78, 5) is 33.5. The summed E-state index contributed by atoms with van der Waals surface area (Å²) in [6, 6.07) is 7.56. The van der Waals surface area contributed by atoms with Crippen LogP contribution in [0.4, 0.5) is 0 Å². The zero-order valence-electron chi connectivity index (χ0n) is 30.4. The second-order valence-corrected chi connectivity index (χ2v) is 16.2. The Hall–Kier alpha value is -2.93. The Kier molecular flexibility index (Phi) is 12.1. The van der Waals surface area contributed by atoms with Crippen LogP contribution in [0, 0.1) is 51.2 Å². The average molecular weight is 663 g/mol. The molecule has 6 rings (SSSR count). The first-order valence-corrected chi connectivity index (χ1v) is 18.5. The number of benzene rings is 1. The number of carbonyl (C=O) groups excluding carboxylic acids is 1. The first-order valence-electron chi connectivity index (χ1n) is 18.5. The predicted molar refractivity (Wildman–Crippen MR) is 194 cm³/mol. The average Bonchev–Trinajstić information content (AvgIpc) is 3.50. The van der Waals surface area contributed by atoms with Crippen molar-refractivity contribution in [3.05, 3.63) is 54.1 Å². The fraction of sp³-hybridized carbons (Fsp3) is 0.683. The summed E-state index contributed by atoms with van der Waals surface area (Å²) in [5, 5.41) is 23.0. The van der Waals surface area contributed by atoms with Gasteiger partial charge in [-0.2, -0.15) is 0 Å². The van der Waals surface area contributed by atoms with E-state index in [1.54, 1.807) is 18.2 Å². The van der Waals surface area contributed by atoms with Crippen molar-refractivity contribution < 1.29 is 24.6 Å². The number of amides is 1. The highest BCUT2D eigenvalue weighted by atomic mass is 16.4. The van der Waals surface area contributed by atoms with Crippen LogP contribution < -0.4 is 10.6 Å². The van der Waals surface area contributed by atoms with Gasteiger partial charge in [0.05, 0.1) is 11.0 Å². The minimum atomic E-state index is -0.865. The van der Waals surface area contributed by atoms with Gasteiger partial charge in [-0.1, -0.05) is 65.3 Å². The van der Waals surface area contributed by atoms with E-state index < -0.39 is 5.97 Å². The van der Waals surface area contributed by atoms with Gasteiger partial charge in [0.25, 0.3) is 6.47 Å². The Balaban J connectivity index is 0.000000808. The topological polar surface area (TPSA) is 116 Å². The number of aromatic carboxylic acids is 1. The number of allylic oxidation sites excluding steroid dienone is 3. The Morgan fingerprint density at radius 1 is 0.917 bits per heavy atom. The molecule has 7 heteroatoms. The molecule has 8 unspecified atom stereocenters. The standard InChI is InChI=1S/C37H54N2O3.C3H6.CH2O2/c1-6-38-22-23-39-33(42)37-18-7-8-29(37)26-13-14-31-35(4,28(26)16-21-37)20-17-30-34(2,3)27(15-19-36(30,31)5)24-9-11-25(12-10-24)32(40)41;1-3-2;2-1-3/h9-12,15,26,28-31,38H,6-8,13-14,16-23H2,1-5H3,(H,39,42)(H,40,41);3H,1H2,2H3;1H,(H,2,3). The van der Waals surface area contributed by atoms with E-state index in [0.717, 1.165) is 44.8 Å². The van der Waals surface area contributed by atoms with E-state index in [9.17, 15) is 14.7 Å². The number of fused-ring (bicyclic) bond motifs is 7. The molecule has 4 fully saturated rings. The number of hydrogen-bond acceptors (Lipinski definition) is 4. The molecule has 1 aromatic carbocycles. The van der Waals surface area contributed by atoms with Gasteiger partial charge in [-0.05, 0) is 140 Å². The minimum Gasteiger partial charge on any atom is -0.483 e. The Morgan fingerprint density at radius 2 is 1.58 bits per heavy atom. The van der Waals surface area contributed by atoms with Crippen LogP contribution in [-0.4, -0.2) is 48.2 Å². The highest BCUT2D eigenvalue weighted by molar-refractivity contribution is 5.88. The zero-order valence-corrected chi connectivity index (χ0v) is 30.4. The van der Waals surface area contributed by atoms with Crippen molar-refractivity contribution in [2.75, 3.05) is 19.6 Å². The van der Waals surface area contributed by atoms with E-state index in [2.05, 4.69) is 57.9 Å². The number of nitrogens with one attached hydrogen (secondary N) is 2. The molecule has 0 spiro atoms. The van der Waals surface area contributed by atoms with Gasteiger partial charge in [0.15, 0.2) is 0 Å². The molecule has 4 N–H and O–H groups in total. The summed E-state index contributed by atoms with van der Waals surface area (Å²) in [6.07, 6.45) is 16.3. The SMILES string of the molecule is C=CC.CCNCCNC(=O)C12CCCC1C1CCC3C(C)(CCC4C(C)(C)C(c5ccc(C(=O)O)cc5)=CCC43C)C1CC2.O=CO. The largest absolute Gasteiger partial charge is 0.483 e. The molecule has 0 aliphatic heterocycles. The summed E-state index contributed by atoms with van der Waals surface area (Å²) in [7, 11) is 0. The van der Waals surface area contributed by atoms with Crippen LogP contribution in [0.15, 0.2) is 43.0 Å². The third kappa shape index (κ3) is 6.65. The number of rotatable bonds is 7. The second kappa shape index (κ2) is 15.3. The quantitative estimate of drug-likeness (QED) is 0.132. The van der Waals surface area contributed by atoms with Gasteiger partial charge in [-0.15, -0.1) is 6.58 Å². The molecular weight excluding hydrogens is 600 g/mol. The fourth-order valence-electron chi connectivity index (χ4n) is 12.1. The molecular formula is C41H62N2O5. The molecule has 0 saturated heterocycles. The molecule has 1 aromatic rings. The lowest BCUT2D eigenvalue weighted by molar-refractivity contribution is -0.181. The summed E-state index contributed by atoms with van der Waals surface area (Å²) in [5.74, 6) is 2.79.